The molecule has 2 amide bonds. The number of primary amides is 1. The van der Waals surface area contributed by atoms with Crippen molar-refractivity contribution in [3.05, 3.63) is 107 Å². The summed E-state index contributed by atoms with van der Waals surface area (Å²) in [5.41, 5.74) is 7.92. The van der Waals surface area contributed by atoms with Crippen LogP contribution < -0.4 is 11.1 Å². The van der Waals surface area contributed by atoms with E-state index in [4.69, 9.17) is 5.73 Å². The predicted molar refractivity (Wildman–Crippen MR) is 106 cm³/mol. The van der Waals surface area contributed by atoms with Crippen LogP contribution >= 0.6 is 0 Å². The number of rotatable bonds is 7. The fraction of sp³-hybridized carbons (Fsp3) is 0.130. The van der Waals surface area contributed by atoms with Crippen molar-refractivity contribution in [3.8, 4) is 0 Å². The van der Waals surface area contributed by atoms with Crippen LogP contribution in [0.4, 0.5) is 4.39 Å². The Morgan fingerprint density at radius 1 is 0.857 bits per heavy atom. The van der Waals surface area contributed by atoms with Crippen LogP contribution in [0.1, 0.15) is 22.6 Å². The monoisotopic (exact) mass is 376 g/mol. The summed E-state index contributed by atoms with van der Waals surface area (Å²) in [7, 11) is 0. The number of benzene rings is 3. The molecule has 0 fully saturated rings. The van der Waals surface area contributed by atoms with Gasteiger partial charge in [0.1, 0.15) is 11.9 Å². The third-order valence-electron chi connectivity index (χ3n) is 4.53. The highest BCUT2D eigenvalue weighted by Crippen LogP contribution is 2.28. The molecule has 0 aliphatic heterocycles. The summed E-state index contributed by atoms with van der Waals surface area (Å²) < 4.78 is 13.4. The fourth-order valence-electron chi connectivity index (χ4n) is 3.27. The van der Waals surface area contributed by atoms with Crippen LogP contribution in [0, 0.1) is 5.82 Å². The fourth-order valence-corrected chi connectivity index (χ4v) is 3.27. The van der Waals surface area contributed by atoms with E-state index in [9.17, 15) is 14.0 Å². The molecule has 5 heteroatoms. The molecule has 4 nitrogen and oxygen atoms in total. The summed E-state index contributed by atoms with van der Waals surface area (Å²) in [6.07, 6.45) is -0.0438. The van der Waals surface area contributed by atoms with Crippen LogP contribution in [-0.4, -0.2) is 17.9 Å². The van der Waals surface area contributed by atoms with Crippen molar-refractivity contribution >= 4 is 11.8 Å². The van der Waals surface area contributed by atoms with Gasteiger partial charge in [0.05, 0.1) is 6.42 Å². The molecule has 0 saturated heterocycles. The minimum Gasteiger partial charge on any atom is -0.368 e. The van der Waals surface area contributed by atoms with Crippen molar-refractivity contribution in [2.45, 2.75) is 18.4 Å². The van der Waals surface area contributed by atoms with Crippen molar-refractivity contribution < 1.29 is 14.0 Å². The summed E-state index contributed by atoms with van der Waals surface area (Å²) in [6.45, 7) is 0. The summed E-state index contributed by atoms with van der Waals surface area (Å²) in [5, 5.41) is 2.75. The Hall–Kier alpha value is -3.47. The zero-order valence-electron chi connectivity index (χ0n) is 15.2. The lowest BCUT2D eigenvalue weighted by atomic mass is 9.84. The average Bonchev–Trinajstić information content (AvgIpc) is 2.69. The Labute approximate surface area is 163 Å². The van der Waals surface area contributed by atoms with Gasteiger partial charge in [-0.3, -0.25) is 9.59 Å². The van der Waals surface area contributed by atoms with Gasteiger partial charge in [0.25, 0.3) is 0 Å². The first kappa shape index (κ1) is 19.3. The largest absolute Gasteiger partial charge is 0.368 e. The summed E-state index contributed by atoms with van der Waals surface area (Å²) in [4.78, 5) is 24.8. The van der Waals surface area contributed by atoms with E-state index in [1.165, 1.54) is 12.1 Å². The molecule has 0 aliphatic rings. The quantitative estimate of drug-likeness (QED) is 0.665. The first-order valence-corrected chi connectivity index (χ1v) is 8.97. The summed E-state index contributed by atoms with van der Waals surface area (Å²) in [6, 6.07) is 23.7. The van der Waals surface area contributed by atoms with E-state index in [0.29, 0.717) is 5.56 Å². The number of hydrogen-bond donors (Lipinski definition) is 2. The number of amides is 2. The molecule has 1 atom stereocenters. The minimum absolute atomic E-state index is 0.0438. The van der Waals surface area contributed by atoms with Crippen molar-refractivity contribution in [2.24, 2.45) is 5.73 Å². The molecule has 3 aromatic rings. The van der Waals surface area contributed by atoms with Crippen molar-refractivity contribution in [1.82, 2.24) is 5.32 Å². The topological polar surface area (TPSA) is 72.2 Å². The van der Waals surface area contributed by atoms with Crippen molar-refractivity contribution in [3.63, 3.8) is 0 Å². The lowest BCUT2D eigenvalue weighted by Crippen LogP contribution is -2.49. The standard InChI is InChI=1S/C23H21FN2O2/c24-19-13-7-8-16(14-19)15-20(27)26-22(23(25)28)21(17-9-3-1-4-10-17)18-11-5-2-6-12-18/h1-14,21-22H,15H2,(H2,25,28)(H,26,27)/t22-/m1/s1. The van der Waals surface area contributed by atoms with E-state index >= 15 is 0 Å². The molecule has 0 aliphatic carbocycles. The molecule has 0 spiro atoms. The number of carbonyl (C=O) groups excluding carboxylic acids is 2. The van der Waals surface area contributed by atoms with Gasteiger partial charge in [0.2, 0.25) is 11.8 Å². The van der Waals surface area contributed by atoms with E-state index in [1.54, 1.807) is 12.1 Å². The lowest BCUT2D eigenvalue weighted by Gasteiger charge is -2.27. The number of nitrogens with one attached hydrogen (secondary N) is 1. The maximum Gasteiger partial charge on any atom is 0.240 e. The molecule has 3 N–H and O–H groups in total. The number of nitrogens with two attached hydrogens (primary N) is 1. The Kier molecular flexibility index (Phi) is 6.17. The van der Waals surface area contributed by atoms with Gasteiger partial charge in [-0.25, -0.2) is 4.39 Å². The van der Waals surface area contributed by atoms with Crippen LogP contribution in [0.25, 0.3) is 0 Å². The Bertz CT molecular complexity index is 906. The summed E-state index contributed by atoms with van der Waals surface area (Å²) in [5.74, 6) is -1.88. The maximum absolute atomic E-state index is 13.4. The maximum atomic E-state index is 13.4. The van der Waals surface area contributed by atoms with Gasteiger partial charge in [-0.15, -0.1) is 0 Å². The average molecular weight is 376 g/mol. The Balaban J connectivity index is 1.89. The van der Waals surface area contributed by atoms with Gasteiger partial charge in [0.15, 0.2) is 0 Å². The SMILES string of the molecule is NC(=O)[C@H](NC(=O)Cc1cccc(F)c1)C(c1ccccc1)c1ccccc1. The molecule has 0 unspecified atom stereocenters. The van der Waals surface area contributed by atoms with Gasteiger partial charge in [-0.05, 0) is 28.8 Å². The predicted octanol–water partition coefficient (Wildman–Crippen LogP) is 3.17. The number of hydrogen-bond acceptors (Lipinski definition) is 2. The van der Waals surface area contributed by atoms with Crippen LogP contribution in [0.3, 0.4) is 0 Å². The molecule has 3 rings (SSSR count). The molecule has 0 saturated carbocycles. The summed E-state index contributed by atoms with van der Waals surface area (Å²) >= 11 is 0. The smallest absolute Gasteiger partial charge is 0.240 e. The van der Waals surface area contributed by atoms with E-state index in [-0.39, 0.29) is 6.42 Å². The highest BCUT2D eigenvalue weighted by Gasteiger charge is 2.30. The Morgan fingerprint density at radius 3 is 1.93 bits per heavy atom. The van der Waals surface area contributed by atoms with Gasteiger partial charge < -0.3 is 11.1 Å². The normalized spacial score (nSPS) is 11.8. The van der Waals surface area contributed by atoms with Crippen LogP contribution in [0.2, 0.25) is 0 Å². The van der Waals surface area contributed by atoms with E-state index in [0.717, 1.165) is 11.1 Å². The third kappa shape index (κ3) is 4.82. The van der Waals surface area contributed by atoms with E-state index in [2.05, 4.69) is 5.32 Å². The molecular weight excluding hydrogens is 355 g/mol. The first-order valence-electron chi connectivity index (χ1n) is 8.97. The second-order valence-electron chi connectivity index (χ2n) is 6.55. The van der Waals surface area contributed by atoms with Gasteiger partial charge in [-0.1, -0.05) is 72.8 Å². The zero-order chi connectivity index (χ0) is 19.9. The zero-order valence-corrected chi connectivity index (χ0v) is 15.2. The van der Waals surface area contributed by atoms with Crippen LogP contribution in [0.5, 0.6) is 0 Å². The van der Waals surface area contributed by atoms with Gasteiger partial charge >= 0.3 is 0 Å². The van der Waals surface area contributed by atoms with Crippen molar-refractivity contribution in [1.29, 1.82) is 0 Å². The van der Waals surface area contributed by atoms with Gasteiger partial charge in [0, 0.05) is 5.92 Å². The van der Waals surface area contributed by atoms with E-state index < -0.39 is 29.6 Å². The second-order valence-corrected chi connectivity index (χ2v) is 6.55. The highest BCUT2D eigenvalue weighted by molar-refractivity contribution is 5.88. The second kappa shape index (κ2) is 8.95. The van der Waals surface area contributed by atoms with Crippen LogP contribution in [0.15, 0.2) is 84.9 Å². The molecule has 28 heavy (non-hydrogen) atoms. The molecule has 0 radical (unpaired) electrons. The van der Waals surface area contributed by atoms with Gasteiger partial charge in [-0.2, -0.15) is 0 Å². The van der Waals surface area contributed by atoms with Crippen LogP contribution in [-0.2, 0) is 16.0 Å². The number of carbonyl (C=O) groups is 2. The molecule has 0 aromatic heterocycles. The number of halogens is 1. The molecule has 0 heterocycles. The first-order chi connectivity index (χ1) is 13.5. The molecule has 142 valence electrons. The molecular formula is C23H21FN2O2. The lowest BCUT2D eigenvalue weighted by molar-refractivity contribution is -0.127. The third-order valence-corrected chi connectivity index (χ3v) is 4.53. The molecule has 0 bridgehead atoms. The van der Waals surface area contributed by atoms with E-state index in [1.807, 2.05) is 60.7 Å². The highest BCUT2D eigenvalue weighted by atomic mass is 19.1. The van der Waals surface area contributed by atoms with Crippen molar-refractivity contribution in [2.75, 3.05) is 0 Å². The Morgan fingerprint density at radius 2 is 1.43 bits per heavy atom. The molecule has 3 aromatic carbocycles. The minimum atomic E-state index is -0.939.